The number of benzene rings is 2. The maximum atomic E-state index is 8.86. The highest BCUT2D eigenvalue weighted by Crippen LogP contribution is 2.24. The van der Waals surface area contributed by atoms with Crippen molar-refractivity contribution in [3.8, 4) is 0 Å². The van der Waals surface area contributed by atoms with Crippen LogP contribution in [0.2, 0.25) is 0 Å². The third-order valence-electron chi connectivity index (χ3n) is 4.19. The molecule has 0 spiro atoms. The van der Waals surface area contributed by atoms with E-state index in [4.69, 9.17) is 19.7 Å². The summed E-state index contributed by atoms with van der Waals surface area (Å²) in [4.78, 5) is 0. The molecular formula is C21H30O4. The van der Waals surface area contributed by atoms with Crippen molar-refractivity contribution in [1.29, 1.82) is 0 Å². The van der Waals surface area contributed by atoms with Crippen LogP contribution in [0.5, 0.6) is 0 Å². The second-order valence-electron chi connectivity index (χ2n) is 6.25. The van der Waals surface area contributed by atoms with Crippen LogP contribution in [0.15, 0.2) is 42.5 Å². The van der Waals surface area contributed by atoms with E-state index in [0.717, 1.165) is 44.1 Å². The molecule has 0 amide bonds. The first-order valence-electron chi connectivity index (χ1n) is 9.29. The fourth-order valence-electron chi connectivity index (χ4n) is 2.76. The highest BCUT2D eigenvalue weighted by molar-refractivity contribution is 5.83. The number of rotatable bonds is 13. The van der Waals surface area contributed by atoms with Crippen LogP contribution in [0, 0.1) is 0 Å². The van der Waals surface area contributed by atoms with Gasteiger partial charge in [0, 0.05) is 18.8 Å². The molecule has 2 aromatic carbocycles. The molecule has 0 saturated heterocycles. The SMILES string of the molecule is OCCCCCOC(OCCCCCO)c1ccc2ccccc2c1. The zero-order valence-electron chi connectivity index (χ0n) is 14.9. The van der Waals surface area contributed by atoms with Gasteiger partial charge in [-0.05, 0) is 55.4 Å². The standard InChI is InChI=1S/C21H30O4/c22-13-5-1-7-15-24-21(25-16-8-2-6-14-23)20-12-11-18-9-3-4-10-19(18)17-20/h3-4,9-12,17,21-23H,1-2,5-8,13-16H2. The van der Waals surface area contributed by atoms with E-state index in [1.54, 1.807) is 0 Å². The van der Waals surface area contributed by atoms with Crippen molar-refractivity contribution in [2.45, 2.75) is 44.8 Å². The summed E-state index contributed by atoms with van der Waals surface area (Å²) >= 11 is 0. The number of fused-ring (bicyclic) bond motifs is 1. The van der Waals surface area contributed by atoms with Crippen molar-refractivity contribution in [1.82, 2.24) is 0 Å². The summed E-state index contributed by atoms with van der Waals surface area (Å²) in [5.74, 6) is 0. The van der Waals surface area contributed by atoms with Crippen molar-refractivity contribution in [2.75, 3.05) is 26.4 Å². The molecule has 0 aliphatic heterocycles. The van der Waals surface area contributed by atoms with Gasteiger partial charge in [-0.1, -0.05) is 36.4 Å². The smallest absolute Gasteiger partial charge is 0.183 e. The lowest BCUT2D eigenvalue weighted by Crippen LogP contribution is -2.11. The fraction of sp³-hybridized carbons (Fsp3) is 0.524. The third kappa shape index (κ3) is 7.12. The molecule has 2 rings (SSSR count). The van der Waals surface area contributed by atoms with Gasteiger partial charge in [0.1, 0.15) is 0 Å². The molecule has 0 saturated carbocycles. The van der Waals surface area contributed by atoms with Gasteiger partial charge < -0.3 is 19.7 Å². The molecule has 0 aromatic heterocycles. The van der Waals surface area contributed by atoms with E-state index in [1.807, 2.05) is 12.1 Å². The molecule has 0 unspecified atom stereocenters. The summed E-state index contributed by atoms with van der Waals surface area (Å²) < 4.78 is 12.0. The first-order chi connectivity index (χ1) is 12.3. The minimum Gasteiger partial charge on any atom is -0.396 e. The zero-order chi connectivity index (χ0) is 17.7. The van der Waals surface area contributed by atoms with Crippen LogP contribution >= 0.6 is 0 Å². The van der Waals surface area contributed by atoms with E-state index in [9.17, 15) is 0 Å². The van der Waals surface area contributed by atoms with Crippen molar-refractivity contribution in [2.24, 2.45) is 0 Å². The quantitative estimate of drug-likeness (QED) is 0.422. The van der Waals surface area contributed by atoms with Gasteiger partial charge in [0.25, 0.3) is 0 Å². The Bertz CT molecular complexity index is 585. The fourth-order valence-corrected chi connectivity index (χ4v) is 2.76. The van der Waals surface area contributed by atoms with E-state index in [1.165, 1.54) is 10.8 Å². The van der Waals surface area contributed by atoms with Crippen molar-refractivity contribution in [3.63, 3.8) is 0 Å². The Balaban J connectivity index is 1.95. The second kappa shape index (κ2) is 12.0. The summed E-state index contributed by atoms with van der Waals surface area (Å²) in [6, 6.07) is 14.6. The van der Waals surface area contributed by atoms with E-state index in [0.29, 0.717) is 13.2 Å². The zero-order valence-corrected chi connectivity index (χ0v) is 14.9. The highest BCUT2D eigenvalue weighted by atomic mass is 16.7. The molecule has 2 aromatic rings. The van der Waals surface area contributed by atoms with Gasteiger partial charge in [0.15, 0.2) is 6.29 Å². The monoisotopic (exact) mass is 346 g/mol. The molecule has 0 aliphatic carbocycles. The highest BCUT2D eigenvalue weighted by Gasteiger charge is 2.13. The van der Waals surface area contributed by atoms with Crippen LogP contribution in [0.4, 0.5) is 0 Å². The second-order valence-corrected chi connectivity index (χ2v) is 6.25. The number of hydrogen-bond donors (Lipinski definition) is 2. The summed E-state index contributed by atoms with van der Waals surface area (Å²) in [5.41, 5.74) is 1.03. The molecule has 0 aliphatic rings. The topological polar surface area (TPSA) is 58.9 Å². The van der Waals surface area contributed by atoms with Crippen LogP contribution in [0.3, 0.4) is 0 Å². The summed E-state index contributed by atoms with van der Waals surface area (Å²) in [7, 11) is 0. The van der Waals surface area contributed by atoms with Crippen molar-refractivity contribution >= 4 is 10.8 Å². The molecular weight excluding hydrogens is 316 g/mol. The summed E-state index contributed by atoms with van der Waals surface area (Å²) in [6.45, 7) is 1.70. The minimum absolute atomic E-state index is 0.232. The Labute approximate surface area is 150 Å². The van der Waals surface area contributed by atoms with Crippen LogP contribution in [-0.2, 0) is 9.47 Å². The number of unbranched alkanes of at least 4 members (excludes halogenated alkanes) is 4. The van der Waals surface area contributed by atoms with Gasteiger partial charge in [-0.25, -0.2) is 0 Å². The van der Waals surface area contributed by atoms with Crippen molar-refractivity contribution < 1.29 is 19.7 Å². The van der Waals surface area contributed by atoms with E-state index in [2.05, 4.69) is 30.3 Å². The summed E-state index contributed by atoms with van der Waals surface area (Å²) in [5, 5.41) is 20.1. The third-order valence-corrected chi connectivity index (χ3v) is 4.19. The normalized spacial score (nSPS) is 11.5. The van der Waals surface area contributed by atoms with Gasteiger partial charge in [-0.2, -0.15) is 0 Å². The average Bonchev–Trinajstić information content (AvgIpc) is 2.65. The van der Waals surface area contributed by atoms with Crippen LogP contribution in [0.1, 0.15) is 50.4 Å². The maximum Gasteiger partial charge on any atom is 0.183 e. The molecule has 2 N–H and O–H groups in total. The van der Waals surface area contributed by atoms with E-state index >= 15 is 0 Å². The summed E-state index contributed by atoms with van der Waals surface area (Å²) in [6.07, 6.45) is 5.00. The molecule has 0 atom stereocenters. The van der Waals surface area contributed by atoms with Gasteiger partial charge in [0.05, 0.1) is 13.2 Å². The minimum atomic E-state index is -0.368. The average molecular weight is 346 g/mol. The number of ether oxygens (including phenoxy) is 2. The Morgan fingerprint density at radius 1 is 0.680 bits per heavy atom. The number of aliphatic hydroxyl groups is 2. The van der Waals surface area contributed by atoms with Gasteiger partial charge in [-0.3, -0.25) is 0 Å². The molecule has 0 radical (unpaired) electrons. The molecule has 0 bridgehead atoms. The van der Waals surface area contributed by atoms with Gasteiger partial charge in [-0.15, -0.1) is 0 Å². The Morgan fingerprint density at radius 3 is 1.88 bits per heavy atom. The molecule has 138 valence electrons. The number of aliphatic hydroxyl groups excluding tert-OH is 2. The Morgan fingerprint density at radius 2 is 1.28 bits per heavy atom. The van der Waals surface area contributed by atoms with Crippen LogP contribution < -0.4 is 0 Å². The molecule has 25 heavy (non-hydrogen) atoms. The predicted molar refractivity (Wildman–Crippen MR) is 100 cm³/mol. The molecule has 4 heteroatoms. The van der Waals surface area contributed by atoms with E-state index < -0.39 is 0 Å². The largest absolute Gasteiger partial charge is 0.396 e. The first-order valence-corrected chi connectivity index (χ1v) is 9.29. The Kier molecular flexibility index (Phi) is 9.52. The Hall–Kier alpha value is -1.46. The lowest BCUT2D eigenvalue weighted by molar-refractivity contribution is -0.148. The molecule has 4 nitrogen and oxygen atoms in total. The maximum absolute atomic E-state index is 8.86. The predicted octanol–water partition coefficient (Wildman–Crippen LogP) is 4.20. The number of hydrogen-bond acceptors (Lipinski definition) is 4. The van der Waals surface area contributed by atoms with E-state index in [-0.39, 0.29) is 19.5 Å². The van der Waals surface area contributed by atoms with Crippen molar-refractivity contribution in [3.05, 3.63) is 48.0 Å². The molecule has 0 fully saturated rings. The first kappa shape index (κ1) is 19.9. The van der Waals surface area contributed by atoms with Gasteiger partial charge in [0.2, 0.25) is 0 Å². The lowest BCUT2D eigenvalue weighted by atomic mass is 10.1. The molecule has 0 heterocycles. The van der Waals surface area contributed by atoms with Crippen LogP contribution in [0.25, 0.3) is 10.8 Å². The van der Waals surface area contributed by atoms with Gasteiger partial charge >= 0.3 is 0 Å². The lowest BCUT2D eigenvalue weighted by Gasteiger charge is -2.19. The van der Waals surface area contributed by atoms with Crippen LogP contribution in [-0.4, -0.2) is 36.6 Å².